The zero-order valence-electron chi connectivity index (χ0n) is 10.8. The van der Waals surface area contributed by atoms with Crippen molar-refractivity contribution in [3.05, 3.63) is 0 Å². The maximum absolute atomic E-state index is 11.6. The summed E-state index contributed by atoms with van der Waals surface area (Å²) in [5.74, 6) is 0.224. The summed E-state index contributed by atoms with van der Waals surface area (Å²) in [5, 5.41) is 2.91. The van der Waals surface area contributed by atoms with Gasteiger partial charge >= 0.3 is 0 Å². The summed E-state index contributed by atoms with van der Waals surface area (Å²) in [7, 11) is 1.67. The van der Waals surface area contributed by atoms with E-state index in [9.17, 15) is 4.79 Å². The summed E-state index contributed by atoms with van der Waals surface area (Å²) in [6.45, 7) is 5.35. The topological polar surface area (TPSA) is 64.3 Å². The van der Waals surface area contributed by atoms with Crippen molar-refractivity contribution in [3.8, 4) is 0 Å². The summed E-state index contributed by atoms with van der Waals surface area (Å²) in [6, 6.07) is 0.233. The van der Waals surface area contributed by atoms with Crippen LogP contribution in [-0.2, 0) is 9.53 Å². The van der Waals surface area contributed by atoms with Gasteiger partial charge in [0.25, 0.3) is 0 Å². The molecule has 2 unspecified atom stereocenters. The van der Waals surface area contributed by atoms with E-state index in [2.05, 4.69) is 5.32 Å². The Morgan fingerprint density at radius 3 is 2.56 bits per heavy atom. The molecule has 0 rings (SSSR count). The van der Waals surface area contributed by atoms with Gasteiger partial charge in [0.2, 0.25) is 5.91 Å². The van der Waals surface area contributed by atoms with Crippen molar-refractivity contribution in [2.45, 2.75) is 45.6 Å². The lowest BCUT2D eigenvalue weighted by Crippen LogP contribution is -2.30. The van der Waals surface area contributed by atoms with Gasteiger partial charge in [0.05, 0.1) is 0 Å². The molecule has 3 N–H and O–H groups in total. The minimum atomic E-state index is 0.0845. The molecule has 0 heterocycles. The van der Waals surface area contributed by atoms with Gasteiger partial charge in [-0.25, -0.2) is 0 Å². The highest BCUT2D eigenvalue weighted by Gasteiger charge is 2.11. The molecule has 0 saturated heterocycles. The Hall–Kier alpha value is -0.610. The van der Waals surface area contributed by atoms with Crippen LogP contribution in [0.15, 0.2) is 0 Å². The summed E-state index contributed by atoms with van der Waals surface area (Å²) >= 11 is 0. The van der Waals surface area contributed by atoms with Crippen LogP contribution in [-0.4, -0.2) is 32.2 Å². The Labute approximate surface area is 98.9 Å². The summed E-state index contributed by atoms with van der Waals surface area (Å²) in [4.78, 5) is 11.6. The molecule has 0 fully saturated rings. The van der Waals surface area contributed by atoms with Crippen LogP contribution < -0.4 is 11.1 Å². The van der Waals surface area contributed by atoms with E-state index in [1.807, 2.05) is 13.8 Å². The molecule has 96 valence electrons. The zero-order chi connectivity index (χ0) is 12.4. The highest BCUT2D eigenvalue weighted by atomic mass is 16.5. The lowest BCUT2D eigenvalue weighted by molar-refractivity contribution is -0.124. The molecule has 4 nitrogen and oxygen atoms in total. The summed E-state index contributed by atoms with van der Waals surface area (Å²) in [5.41, 5.74) is 5.65. The van der Waals surface area contributed by atoms with E-state index in [0.29, 0.717) is 13.2 Å². The Morgan fingerprint density at radius 1 is 1.31 bits per heavy atom. The molecule has 0 aliphatic rings. The average molecular weight is 230 g/mol. The van der Waals surface area contributed by atoms with Crippen molar-refractivity contribution >= 4 is 5.91 Å². The predicted molar refractivity (Wildman–Crippen MR) is 66.2 cm³/mol. The Balaban J connectivity index is 3.49. The number of hydrogen-bond acceptors (Lipinski definition) is 3. The fraction of sp³-hybridized carbons (Fsp3) is 0.917. The fourth-order valence-electron chi connectivity index (χ4n) is 1.48. The molecule has 0 bridgehead atoms. The smallest absolute Gasteiger partial charge is 0.222 e. The number of carbonyl (C=O) groups excluding carboxylic acids is 1. The van der Waals surface area contributed by atoms with E-state index in [4.69, 9.17) is 10.5 Å². The molecule has 0 aromatic carbocycles. The second kappa shape index (κ2) is 9.60. The van der Waals surface area contributed by atoms with Crippen molar-refractivity contribution in [2.24, 2.45) is 11.7 Å². The first-order valence-corrected chi connectivity index (χ1v) is 6.10. The predicted octanol–water partition coefficient (Wildman–Crippen LogP) is 1.29. The van der Waals surface area contributed by atoms with Crippen LogP contribution in [0, 0.1) is 5.92 Å². The third-order valence-electron chi connectivity index (χ3n) is 2.57. The maximum atomic E-state index is 11.6. The minimum absolute atomic E-state index is 0.0845. The largest absolute Gasteiger partial charge is 0.385 e. The standard InChI is InChI=1S/C12H26N2O2/c1-10(6-4-7-11(2)13)12(15)14-8-5-9-16-3/h10-11H,4-9,13H2,1-3H3,(H,14,15). The third kappa shape index (κ3) is 8.68. The number of amides is 1. The molecular weight excluding hydrogens is 204 g/mol. The molecule has 0 radical (unpaired) electrons. The summed E-state index contributed by atoms with van der Waals surface area (Å²) < 4.78 is 4.91. The van der Waals surface area contributed by atoms with Crippen LogP contribution in [0.2, 0.25) is 0 Å². The Bertz CT molecular complexity index is 184. The van der Waals surface area contributed by atoms with Crippen LogP contribution in [0.1, 0.15) is 39.5 Å². The van der Waals surface area contributed by atoms with Crippen molar-refractivity contribution in [1.82, 2.24) is 5.32 Å². The van der Waals surface area contributed by atoms with E-state index >= 15 is 0 Å². The second-order valence-corrected chi connectivity index (χ2v) is 4.45. The highest BCUT2D eigenvalue weighted by molar-refractivity contribution is 5.78. The minimum Gasteiger partial charge on any atom is -0.385 e. The van der Waals surface area contributed by atoms with Crippen LogP contribution in [0.5, 0.6) is 0 Å². The number of nitrogens with one attached hydrogen (secondary N) is 1. The van der Waals surface area contributed by atoms with Gasteiger partial charge in [-0.1, -0.05) is 13.3 Å². The first-order chi connectivity index (χ1) is 7.57. The van der Waals surface area contributed by atoms with Crippen molar-refractivity contribution in [3.63, 3.8) is 0 Å². The molecule has 0 aliphatic carbocycles. The molecule has 2 atom stereocenters. The number of rotatable bonds is 9. The van der Waals surface area contributed by atoms with Crippen LogP contribution in [0.3, 0.4) is 0 Å². The van der Waals surface area contributed by atoms with E-state index in [0.717, 1.165) is 25.7 Å². The fourth-order valence-corrected chi connectivity index (χ4v) is 1.48. The SMILES string of the molecule is COCCCNC(=O)C(C)CCCC(C)N. The molecule has 4 heteroatoms. The number of methoxy groups -OCH3 is 1. The number of hydrogen-bond donors (Lipinski definition) is 2. The Morgan fingerprint density at radius 2 is 2.00 bits per heavy atom. The maximum Gasteiger partial charge on any atom is 0.222 e. The number of nitrogens with two attached hydrogens (primary N) is 1. The lowest BCUT2D eigenvalue weighted by atomic mass is 10.0. The van der Waals surface area contributed by atoms with Crippen LogP contribution in [0.25, 0.3) is 0 Å². The molecular formula is C12H26N2O2. The molecule has 16 heavy (non-hydrogen) atoms. The first-order valence-electron chi connectivity index (χ1n) is 6.10. The van der Waals surface area contributed by atoms with Gasteiger partial charge < -0.3 is 15.8 Å². The van der Waals surface area contributed by atoms with Gasteiger partial charge in [-0.3, -0.25) is 4.79 Å². The van der Waals surface area contributed by atoms with Crippen LogP contribution >= 0.6 is 0 Å². The van der Waals surface area contributed by atoms with Crippen molar-refractivity contribution in [1.29, 1.82) is 0 Å². The van der Waals surface area contributed by atoms with Crippen LogP contribution in [0.4, 0.5) is 0 Å². The van der Waals surface area contributed by atoms with Gasteiger partial charge in [-0.15, -0.1) is 0 Å². The molecule has 0 saturated carbocycles. The van der Waals surface area contributed by atoms with Crippen molar-refractivity contribution < 1.29 is 9.53 Å². The van der Waals surface area contributed by atoms with E-state index in [-0.39, 0.29) is 17.9 Å². The summed E-state index contributed by atoms with van der Waals surface area (Å²) in [6.07, 6.45) is 3.79. The molecule has 1 amide bonds. The van der Waals surface area contributed by atoms with E-state index < -0.39 is 0 Å². The van der Waals surface area contributed by atoms with Gasteiger partial charge in [0, 0.05) is 32.2 Å². The quantitative estimate of drug-likeness (QED) is 0.587. The van der Waals surface area contributed by atoms with Gasteiger partial charge in [-0.05, 0) is 26.2 Å². The van der Waals surface area contributed by atoms with Gasteiger partial charge in [0.15, 0.2) is 0 Å². The van der Waals surface area contributed by atoms with Gasteiger partial charge in [0.1, 0.15) is 0 Å². The molecule has 0 aromatic rings. The average Bonchev–Trinajstić information content (AvgIpc) is 2.23. The van der Waals surface area contributed by atoms with Crippen molar-refractivity contribution in [2.75, 3.05) is 20.3 Å². The monoisotopic (exact) mass is 230 g/mol. The first kappa shape index (κ1) is 15.4. The Kier molecular flexibility index (Phi) is 9.24. The van der Waals surface area contributed by atoms with E-state index in [1.165, 1.54) is 0 Å². The second-order valence-electron chi connectivity index (χ2n) is 4.45. The van der Waals surface area contributed by atoms with E-state index in [1.54, 1.807) is 7.11 Å². The molecule has 0 aromatic heterocycles. The lowest BCUT2D eigenvalue weighted by Gasteiger charge is -2.12. The number of carbonyl (C=O) groups is 1. The normalized spacial score (nSPS) is 14.5. The molecule has 0 spiro atoms. The van der Waals surface area contributed by atoms with Gasteiger partial charge in [-0.2, -0.15) is 0 Å². The highest BCUT2D eigenvalue weighted by Crippen LogP contribution is 2.08. The third-order valence-corrected chi connectivity index (χ3v) is 2.57. The zero-order valence-corrected chi connectivity index (χ0v) is 10.8. The molecule has 0 aliphatic heterocycles. The number of ether oxygens (including phenoxy) is 1.